The third kappa shape index (κ3) is 2.01. The first-order chi connectivity index (χ1) is 7.93. The van der Waals surface area contributed by atoms with E-state index < -0.39 is 0 Å². The molecular formula is C15H21N. The molecule has 1 aromatic carbocycles. The van der Waals surface area contributed by atoms with Gasteiger partial charge in [0, 0.05) is 12.6 Å². The van der Waals surface area contributed by atoms with E-state index in [9.17, 15) is 0 Å². The van der Waals surface area contributed by atoms with Crippen LogP contribution >= 0.6 is 0 Å². The van der Waals surface area contributed by atoms with Crippen LogP contribution in [0, 0.1) is 0 Å². The van der Waals surface area contributed by atoms with Gasteiger partial charge >= 0.3 is 0 Å². The van der Waals surface area contributed by atoms with Gasteiger partial charge in [0.1, 0.15) is 0 Å². The van der Waals surface area contributed by atoms with E-state index in [0.29, 0.717) is 0 Å². The minimum atomic E-state index is 0.793. The summed E-state index contributed by atoms with van der Waals surface area (Å²) in [4.78, 5) is 2.74. The molecule has 1 atom stereocenters. The fourth-order valence-corrected chi connectivity index (χ4v) is 3.39. The van der Waals surface area contributed by atoms with Crippen LogP contribution < -0.4 is 0 Å². The first-order valence-electron chi connectivity index (χ1n) is 6.72. The molecule has 16 heavy (non-hydrogen) atoms. The molecule has 1 saturated heterocycles. The Kier molecular flexibility index (Phi) is 2.96. The van der Waals surface area contributed by atoms with Crippen LogP contribution in [0.15, 0.2) is 30.3 Å². The van der Waals surface area contributed by atoms with Gasteiger partial charge in [0.2, 0.25) is 0 Å². The molecular weight excluding hydrogens is 194 g/mol. The predicted octanol–water partition coefficient (Wildman–Crippen LogP) is 3.42. The highest BCUT2D eigenvalue weighted by Crippen LogP contribution is 2.32. The van der Waals surface area contributed by atoms with Crippen LogP contribution in [0.3, 0.4) is 0 Å². The molecule has 0 aromatic heterocycles. The van der Waals surface area contributed by atoms with Crippen molar-refractivity contribution in [3.8, 4) is 0 Å². The maximum atomic E-state index is 2.74. The van der Waals surface area contributed by atoms with E-state index in [1.807, 2.05) is 0 Å². The molecule has 0 spiro atoms. The molecule has 1 heterocycles. The van der Waals surface area contributed by atoms with Crippen molar-refractivity contribution in [2.24, 2.45) is 0 Å². The summed E-state index contributed by atoms with van der Waals surface area (Å²) in [6.07, 6.45) is 7.16. The molecule has 1 aliphatic heterocycles. The fraction of sp³-hybridized carbons (Fsp3) is 0.600. The van der Waals surface area contributed by atoms with Crippen molar-refractivity contribution in [1.29, 1.82) is 0 Å². The number of rotatable bonds is 2. The molecule has 3 rings (SSSR count). The molecule has 1 nitrogen and oxygen atoms in total. The lowest BCUT2D eigenvalue weighted by atomic mass is 9.99. The standard InChI is InChI=1S/C15H21N/c1-2-6-13(7-3-1)14-10-11-16(12-14)15-8-4-5-9-15/h1-3,6-7,14-15H,4-5,8-12H2/t14-/m0/s1. The molecule has 0 N–H and O–H groups in total. The molecule has 2 fully saturated rings. The first kappa shape index (κ1) is 10.3. The molecule has 2 aliphatic rings. The van der Waals surface area contributed by atoms with Gasteiger partial charge in [-0.15, -0.1) is 0 Å². The zero-order valence-corrected chi connectivity index (χ0v) is 9.94. The van der Waals surface area contributed by atoms with E-state index in [1.54, 1.807) is 5.56 Å². The topological polar surface area (TPSA) is 3.24 Å². The second-order valence-electron chi connectivity index (χ2n) is 5.33. The van der Waals surface area contributed by atoms with Crippen LogP contribution in [0.5, 0.6) is 0 Å². The number of hydrogen-bond acceptors (Lipinski definition) is 1. The summed E-state index contributed by atoms with van der Waals surface area (Å²) in [6.45, 7) is 2.62. The highest BCUT2D eigenvalue weighted by Gasteiger charge is 2.30. The highest BCUT2D eigenvalue weighted by molar-refractivity contribution is 5.21. The van der Waals surface area contributed by atoms with E-state index in [0.717, 1.165) is 12.0 Å². The van der Waals surface area contributed by atoms with E-state index in [1.165, 1.54) is 45.2 Å². The zero-order chi connectivity index (χ0) is 10.8. The minimum absolute atomic E-state index is 0.793. The Hall–Kier alpha value is -0.820. The van der Waals surface area contributed by atoms with Crippen molar-refractivity contribution in [2.45, 2.75) is 44.1 Å². The Morgan fingerprint density at radius 2 is 1.69 bits per heavy atom. The Balaban J connectivity index is 1.64. The van der Waals surface area contributed by atoms with Crippen molar-refractivity contribution in [3.63, 3.8) is 0 Å². The van der Waals surface area contributed by atoms with Gasteiger partial charge in [-0.3, -0.25) is 4.90 Å². The van der Waals surface area contributed by atoms with Crippen LogP contribution in [0.25, 0.3) is 0 Å². The Morgan fingerprint density at radius 3 is 2.44 bits per heavy atom. The van der Waals surface area contributed by atoms with E-state index in [2.05, 4.69) is 35.2 Å². The number of hydrogen-bond donors (Lipinski definition) is 0. The van der Waals surface area contributed by atoms with Gasteiger partial charge in [0.25, 0.3) is 0 Å². The predicted molar refractivity (Wildman–Crippen MR) is 67.6 cm³/mol. The molecule has 1 heteroatoms. The largest absolute Gasteiger partial charge is 0.300 e. The van der Waals surface area contributed by atoms with Gasteiger partial charge in [0.15, 0.2) is 0 Å². The molecule has 1 saturated carbocycles. The smallest absolute Gasteiger partial charge is 0.00955 e. The SMILES string of the molecule is c1ccc([C@H]2CCN(C3CCCC3)C2)cc1. The fourth-order valence-electron chi connectivity index (χ4n) is 3.39. The van der Waals surface area contributed by atoms with E-state index in [-0.39, 0.29) is 0 Å². The third-order valence-corrected chi connectivity index (χ3v) is 4.33. The average Bonchev–Trinajstić information content (AvgIpc) is 3.01. The van der Waals surface area contributed by atoms with Crippen LogP contribution in [-0.4, -0.2) is 24.0 Å². The Labute approximate surface area is 98.5 Å². The Morgan fingerprint density at radius 1 is 0.938 bits per heavy atom. The summed E-state index contributed by atoms with van der Waals surface area (Å²) in [5.41, 5.74) is 1.54. The quantitative estimate of drug-likeness (QED) is 0.730. The lowest BCUT2D eigenvalue weighted by Gasteiger charge is -2.23. The van der Waals surface area contributed by atoms with Gasteiger partial charge in [-0.2, -0.15) is 0 Å². The molecule has 1 aliphatic carbocycles. The maximum absolute atomic E-state index is 2.74. The summed E-state index contributed by atoms with van der Waals surface area (Å²) in [6, 6.07) is 12.0. The van der Waals surface area contributed by atoms with Crippen LogP contribution in [0.1, 0.15) is 43.6 Å². The summed E-state index contributed by atoms with van der Waals surface area (Å²) >= 11 is 0. The maximum Gasteiger partial charge on any atom is 0.00955 e. The van der Waals surface area contributed by atoms with Gasteiger partial charge in [-0.1, -0.05) is 43.2 Å². The zero-order valence-electron chi connectivity index (χ0n) is 9.94. The summed E-state index contributed by atoms with van der Waals surface area (Å²) in [5, 5.41) is 0. The van der Waals surface area contributed by atoms with Crippen LogP contribution in [0.4, 0.5) is 0 Å². The molecule has 1 aromatic rings. The second kappa shape index (κ2) is 4.58. The number of benzene rings is 1. The lowest BCUT2D eigenvalue weighted by Crippen LogP contribution is -2.30. The molecule has 0 amide bonds. The van der Waals surface area contributed by atoms with Crippen molar-refractivity contribution >= 4 is 0 Å². The monoisotopic (exact) mass is 215 g/mol. The first-order valence-corrected chi connectivity index (χ1v) is 6.72. The van der Waals surface area contributed by atoms with Crippen LogP contribution in [-0.2, 0) is 0 Å². The average molecular weight is 215 g/mol. The van der Waals surface area contributed by atoms with Gasteiger partial charge < -0.3 is 0 Å². The normalized spacial score (nSPS) is 27.6. The molecule has 0 unspecified atom stereocenters. The van der Waals surface area contributed by atoms with E-state index in [4.69, 9.17) is 0 Å². The minimum Gasteiger partial charge on any atom is -0.300 e. The van der Waals surface area contributed by atoms with Crippen molar-refractivity contribution in [2.75, 3.05) is 13.1 Å². The van der Waals surface area contributed by atoms with Gasteiger partial charge in [-0.05, 0) is 37.3 Å². The summed E-state index contributed by atoms with van der Waals surface area (Å²) < 4.78 is 0. The molecule has 0 bridgehead atoms. The highest BCUT2D eigenvalue weighted by atomic mass is 15.2. The third-order valence-electron chi connectivity index (χ3n) is 4.33. The number of likely N-dealkylation sites (tertiary alicyclic amines) is 1. The van der Waals surface area contributed by atoms with Gasteiger partial charge in [-0.25, -0.2) is 0 Å². The van der Waals surface area contributed by atoms with Crippen molar-refractivity contribution < 1.29 is 0 Å². The summed E-state index contributed by atoms with van der Waals surface area (Å²) in [5.74, 6) is 0.793. The summed E-state index contributed by atoms with van der Waals surface area (Å²) in [7, 11) is 0. The Bertz CT molecular complexity index is 327. The molecule has 0 radical (unpaired) electrons. The van der Waals surface area contributed by atoms with Crippen molar-refractivity contribution in [3.05, 3.63) is 35.9 Å². The lowest BCUT2D eigenvalue weighted by molar-refractivity contribution is 0.243. The van der Waals surface area contributed by atoms with E-state index >= 15 is 0 Å². The second-order valence-corrected chi connectivity index (χ2v) is 5.33. The van der Waals surface area contributed by atoms with Gasteiger partial charge in [0.05, 0.1) is 0 Å². The number of nitrogens with zero attached hydrogens (tertiary/aromatic N) is 1. The van der Waals surface area contributed by atoms with Crippen molar-refractivity contribution in [1.82, 2.24) is 4.90 Å². The molecule has 86 valence electrons. The van der Waals surface area contributed by atoms with Crippen LogP contribution in [0.2, 0.25) is 0 Å².